The molecule has 1 N–H and O–H groups in total. The highest BCUT2D eigenvalue weighted by molar-refractivity contribution is 5.88. The standard InChI is InChI=1S/C23H28N2O5/c1-30-23(29)20-17(12-26)16-11-24-18(19(16)25(20)21(27)14-7-4-8-14)10-9-15(22(24)28)13-5-2-3-6-13/h5,9-10,14,16-17,19-20,26H,2-4,6-8,11-12H2,1H3/t16-,17-,19+,20-/m0/s1. The first-order chi connectivity index (χ1) is 14.6. The van der Waals surface area contributed by atoms with Crippen LogP contribution in [0.25, 0.3) is 5.57 Å². The van der Waals surface area contributed by atoms with Crippen LogP contribution >= 0.6 is 0 Å². The Labute approximate surface area is 175 Å². The van der Waals surface area contributed by atoms with Crippen LogP contribution in [0.1, 0.15) is 55.8 Å². The number of nitrogens with zero attached hydrogens (tertiary/aromatic N) is 2. The van der Waals surface area contributed by atoms with Crippen LogP contribution in [0.2, 0.25) is 0 Å². The predicted octanol–water partition coefficient (Wildman–Crippen LogP) is 1.88. The van der Waals surface area contributed by atoms with Crippen LogP contribution < -0.4 is 5.56 Å². The number of ether oxygens (including phenoxy) is 1. The maximum absolute atomic E-state index is 13.4. The zero-order valence-corrected chi connectivity index (χ0v) is 17.3. The summed E-state index contributed by atoms with van der Waals surface area (Å²) in [4.78, 5) is 41.0. The maximum Gasteiger partial charge on any atom is 0.328 e. The van der Waals surface area contributed by atoms with Crippen LogP contribution in [0.5, 0.6) is 0 Å². The Hall–Kier alpha value is -2.41. The molecule has 1 saturated heterocycles. The highest BCUT2D eigenvalue weighted by Crippen LogP contribution is 2.51. The number of amides is 1. The molecule has 4 atom stereocenters. The van der Waals surface area contributed by atoms with Crippen molar-refractivity contribution in [2.45, 2.75) is 57.2 Å². The van der Waals surface area contributed by atoms with Gasteiger partial charge in [0.05, 0.1) is 13.2 Å². The Morgan fingerprint density at radius 3 is 2.63 bits per heavy atom. The monoisotopic (exact) mass is 412 g/mol. The number of aliphatic hydroxyl groups is 1. The Morgan fingerprint density at radius 1 is 1.23 bits per heavy atom. The summed E-state index contributed by atoms with van der Waals surface area (Å²) < 4.78 is 6.79. The molecule has 2 aliphatic heterocycles. The lowest BCUT2D eigenvalue weighted by Crippen LogP contribution is -2.49. The predicted molar refractivity (Wildman–Crippen MR) is 109 cm³/mol. The smallest absolute Gasteiger partial charge is 0.328 e. The van der Waals surface area contributed by atoms with Crippen molar-refractivity contribution in [1.82, 2.24) is 9.47 Å². The molecule has 5 rings (SSSR count). The van der Waals surface area contributed by atoms with E-state index in [4.69, 9.17) is 4.74 Å². The molecule has 160 valence electrons. The maximum atomic E-state index is 13.4. The quantitative estimate of drug-likeness (QED) is 0.763. The molecular formula is C23H28N2O5. The van der Waals surface area contributed by atoms with Crippen molar-refractivity contribution in [2.24, 2.45) is 17.8 Å². The number of hydrogen-bond acceptors (Lipinski definition) is 5. The Bertz CT molecular complexity index is 976. The molecule has 2 fully saturated rings. The first-order valence-electron chi connectivity index (χ1n) is 11.0. The van der Waals surface area contributed by atoms with Gasteiger partial charge in [0, 0.05) is 42.2 Å². The lowest BCUT2D eigenvalue weighted by Gasteiger charge is -2.35. The van der Waals surface area contributed by atoms with Gasteiger partial charge >= 0.3 is 5.97 Å². The van der Waals surface area contributed by atoms with Crippen LogP contribution in [0.4, 0.5) is 0 Å². The third-order valence-corrected chi connectivity index (χ3v) is 7.61. The fourth-order valence-electron chi connectivity index (χ4n) is 5.85. The Kier molecular flexibility index (Phi) is 4.81. The molecule has 1 aromatic heterocycles. The van der Waals surface area contributed by atoms with E-state index in [1.807, 2.05) is 12.1 Å². The molecule has 0 unspecified atom stereocenters. The van der Waals surface area contributed by atoms with Gasteiger partial charge in [0.2, 0.25) is 5.91 Å². The van der Waals surface area contributed by atoms with Gasteiger partial charge in [0.25, 0.3) is 5.56 Å². The molecule has 1 amide bonds. The molecular weight excluding hydrogens is 384 g/mol. The molecule has 0 aromatic carbocycles. The third-order valence-electron chi connectivity index (χ3n) is 7.61. The number of carbonyl (C=O) groups is 2. The minimum atomic E-state index is -0.802. The lowest BCUT2D eigenvalue weighted by molar-refractivity contribution is -0.156. The molecule has 30 heavy (non-hydrogen) atoms. The SMILES string of the molecule is COC(=O)[C@@H]1[C@@H](CO)[C@@H]2Cn3c(ccc(C4=CCCC4)c3=O)[C@@H]2N1C(=O)C1CCC1. The molecule has 2 aliphatic carbocycles. The second kappa shape index (κ2) is 7.38. The van der Waals surface area contributed by atoms with E-state index >= 15 is 0 Å². The largest absolute Gasteiger partial charge is 0.467 e. The number of allylic oxidation sites excluding steroid dienone is 2. The average molecular weight is 412 g/mol. The molecule has 3 heterocycles. The van der Waals surface area contributed by atoms with Crippen LogP contribution in [-0.2, 0) is 20.9 Å². The van der Waals surface area contributed by atoms with E-state index in [0.717, 1.165) is 55.4 Å². The van der Waals surface area contributed by atoms with Gasteiger partial charge in [-0.25, -0.2) is 4.79 Å². The van der Waals surface area contributed by atoms with Gasteiger partial charge in [-0.3, -0.25) is 9.59 Å². The normalized spacial score (nSPS) is 29.9. The van der Waals surface area contributed by atoms with Crippen molar-refractivity contribution in [2.75, 3.05) is 13.7 Å². The van der Waals surface area contributed by atoms with Gasteiger partial charge in [-0.05, 0) is 49.8 Å². The first-order valence-corrected chi connectivity index (χ1v) is 11.0. The number of likely N-dealkylation sites (tertiary alicyclic amines) is 1. The highest BCUT2D eigenvalue weighted by Gasteiger charge is 2.58. The van der Waals surface area contributed by atoms with Gasteiger partial charge < -0.3 is 19.3 Å². The summed E-state index contributed by atoms with van der Waals surface area (Å²) in [6.45, 7) is 0.184. The Balaban J connectivity index is 1.59. The fraction of sp³-hybridized carbons (Fsp3) is 0.609. The average Bonchev–Trinajstić information content (AvgIpc) is 3.41. The number of carbonyl (C=O) groups excluding carboxylic acids is 2. The zero-order chi connectivity index (χ0) is 21.0. The number of aromatic nitrogens is 1. The number of fused-ring (bicyclic) bond motifs is 3. The minimum absolute atomic E-state index is 0.0302. The van der Waals surface area contributed by atoms with Gasteiger partial charge in [-0.1, -0.05) is 12.5 Å². The van der Waals surface area contributed by atoms with E-state index in [2.05, 4.69) is 6.08 Å². The number of rotatable bonds is 4. The summed E-state index contributed by atoms with van der Waals surface area (Å²) in [6, 6.07) is 2.64. The molecule has 0 bridgehead atoms. The molecule has 7 nitrogen and oxygen atoms in total. The number of esters is 1. The van der Waals surface area contributed by atoms with Crippen LogP contribution in [0, 0.1) is 17.8 Å². The van der Waals surface area contributed by atoms with Crippen molar-refractivity contribution >= 4 is 17.4 Å². The third kappa shape index (κ3) is 2.71. The van der Waals surface area contributed by atoms with E-state index in [-0.39, 0.29) is 36.0 Å². The van der Waals surface area contributed by atoms with Gasteiger partial charge in [-0.2, -0.15) is 0 Å². The van der Waals surface area contributed by atoms with E-state index in [0.29, 0.717) is 6.54 Å². The van der Waals surface area contributed by atoms with E-state index in [1.165, 1.54) is 7.11 Å². The molecule has 0 spiro atoms. The first kappa shape index (κ1) is 19.5. The molecule has 4 aliphatic rings. The molecule has 0 radical (unpaired) electrons. The summed E-state index contributed by atoms with van der Waals surface area (Å²) in [7, 11) is 1.32. The summed E-state index contributed by atoms with van der Waals surface area (Å²) in [5.41, 5.74) is 2.57. The van der Waals surface area contributed by atoms with Crippen molar-refractivity contribution in [3.05, 3.63) is 39.8 Å². The number of pyridine rings is 1. The van der Waals surface area contributed by atoms with E-state index in [1.54, 1.807) is 9.47 Å². The topological polar surface area (TPSA) is 88.8 Å². The van der Waals surface area contributed by atoms with Crippen molar-refractivity contribution in [1.29, 1.82) is 0 Å². The van der Waals surface area contributed by atoms with E-state index in [9.17, 15) is 19.5 Å². The molecule has 1 saturated carbocycles. The summed E-state index contributed by atoms with van der Waals surface area (Å²) in [5, 5.41) is 10.2. The summed E-state index contributed by atoms with van der Waals surface area (Å²) in [5.74, 6) is -1.24. The number of aliphatic hydroxyl groups excluding tert-OH is 1. The van der Waals surface area contributed by atoms with E-state index < -0.39 is 17.9 Å². The van der Waals surface area contributed by atoms with Gasteiger partial charge in [0.1, 0.15) is 6.04 Å². The van der Waals surface area contributed by atoms with Crippen molar-refractivity contribution in [3.63, 3.8) is 0 Å². The minimum Gasteiger partial charge on any atom is -0.467 e. The fourth-order valence-corrected chi connectivity index (χ4v) is 5.85. The zero-order valence-electron chi connectivity index (χ0n) is 17.3. The van der Waals surface area contributed by atoms with Crippen molar-refractivity contribution < 1.29 is 19.4 Å². The van der Waals surface area contributed by atoms with Crippen molar-refractivity contribution in [3.8, 4) is 0 Å². The van der Waals surface area contributed by atoms with Gasteiger partial charge in [0.15, 0.2) is 0 Å². The number of methoxy groups -OCH3 is 1. The number of hydrogen-bond donors (Lipinski definition) is 1. The summed E-state index contributed by atoms with van der Waals surface area (Å²) >= 11 is 0. The van der Waals surface area contributed by atoms with Crippen LogP contribution in [0.15, 0.2) is 23.0 Å². The lowest BCUT2D eigenvalue weighted by atomic mass is 9.84. The second-order valence-corrected chi connectivity index (χ2v) is 9.01. The second-order valence-electron chi connectivity index (χ2n) is 9.01. The Morgan fingerprint density at radius 2 is 2.03 bits per heavy atom. The highest BCUT2D eigenvalue weighted by atomic mass is 16.5. The van der Waals surface area contributed by atoms with Crippen LogP contribution in [0.3, 0.4) is 0 Å². The molecule has 1 aromatic rings. The summed E-state index contributed by atoms with van der Waals surface area (Å²) in [6.07, 6.45) is 7.78. The van der Waals surface area contributed by atoms with Gasteiger partial charge in [-0.15, -0.1) is 0 Å². The van der Waals surface area contributed by atoms with Crippen LogP contribution in [-0.4, -0.2) is 46.2 Å². The molecule has 7 heteroatoms.